The van der Waals surface area contributed by atoms with Gasteiger partial charge in [0.05, 0.1) is 20.0 Å². The van der Waals surface area contributed by atoms with Crippen LogP contribution in [0.15, 0.2) is 18.2 Å². The minimum Gasteiger partial charge on any atom is -0.230 e. The maximum Gasteiger partial charge on any atom is 0.257 e. The largest absolute Gasteiger partial charge is 0.257 e. The molecule has 2 nitrogen and oxygen atoms in total. The van der Waals surface area contributed by atoms with E-state index in [0.29, 0.717) is 0 Å². The molecule has 0 bridgehead atoms. The lowest BCUT2D eigenvalue weighted by Crippen LogP contribution is -2.31. The Hall–Kier alpha value is -1.31. The molecular weight excluding hydrogens is 172 g/mol. The molecule has 0 unspecified atom stereocenters. The van der Waals surface area contributed by atoms with E-state index in [1.807, 2.05) is 0 Å². The number of hydrogen-bond acceptors (Lipinski definition) is 0. The monoisotopic (exact) mass is 187 g/mol. The SMILES string of the molecule is Cc1ccc2c(c1)n(C)c1[n+]2CCC1. The number of benzene rings is 1. The van der Waals surface area contributed by atoms with Gasteiger partial charge in [0.25, 0.3) is 5.82 Å². The maximum atomic E-state index is 2.45. The summed E-state index contributed by atoms with van der Waals surface area (Å²) in [5, 5.41) is 0. The van der Waals surface area contributed by atoms with E-state index in [9.17, 15) is 0 Å². The molecule has 1 aliphatic rings. The maximum absolute atomic E-state index is 2.45. The van der Waals surface area contributed by atoms with Gasteiger partial charge in [0.1, 0.15) is 0 Å². The average Bonchev–Trinajstić information content (AvgIpc) is 2.72. The highest BCUT2D eigenvalue weighted by Gasteiger charge is 2.26. The van der Waals surface area contributed by atoms with Crippen molar-refractivity contribution in [3.63, 3.8) is 0 Å². The van der Waals surface area contributed by atoms with Crippen LogP contribution in [0.1, 0.15) is 17.8 Å². The van der Waals surface area contributed by atoms with Gasteiger partial charge in [-0.3, -0.25) is 0 Å². The molecule has 0 aliphatic carbocycles. The van der Waals surface area contributed by atoms with Crippen LogP contribution in [0.5, 0.6) is 0 Å². The first-order chi connectivity index (χ1) is 6.77. The molecule has 0 saturated heterocycles. The van der Waals surface area contributed by atoms with Gasteiger partial charge in [0.15, 0.2) is 11.0 Å². The standard InChI is InChI=1S/C12H15N2/c1-9-5-6-10-11(8-9)13(2)12-4-3-7-14(10)12/h5-6,8H,3-4,7H2,1-2H3/q+1. The topological polar surface area (TPSA) is 8.81 Å². The van der Waals surface area contributed by atoms with E-state index in [2.05, 4.69) is 41.3 Å². The molecule has 2 aromatic rings. The molecule has 2 heterocycles. The minimum absolute atomic E-state index is 1.19. The van der Waals surface area contributed by atoms with E-state index in [1.54, 1.807) is 0 Å². The van der Waals surface area contributed by atoms with Crippen molar-refractivity contribution in [1.29, 1.82) is 0 Å². The van der Waals surface area contributed by atoms with Crippen LogP contribution in [0, 0.1) is 6.92 Å². The van der Waals surface area contributed by atoms with E-state index < -0.39 is 0 Å². The second-order valence-corrected chi connectivity index (χ2v) is 4.22. The van der Waals surface area contributed by atoms with Crippen molar-refractivity contribution in [1.82, 2.24) is 4.57 Å². The lowest BCUT2D eigenvalue weighted by Gasteiger charge is -1.92. The summed E-state index contributed by atoms with van der Waals surface area (Å²) >= 11 is 0. The normalized spacial score (nSPS) is 15.0. The molecule has 0 spiro atoms. The summed E-state index contributed by atoms with van der Waals surface area (Å²) in [7, 11) is 2.18. The lowest BCUT2D eigenvalue weighted by molar-refractivity contribution is -0.665. The first kappa shape index (κ1) is 8.04. The van der Waals surface area contributed by atoms with Crippen LogP contribution < -0.4 is 4.57 Å². The Morgan fingerprint density at radius 2 is 2.21 bits per heavy atom. The summed E-state index contributed by atoms with van der Waals surface area (Å²) in [6.45, 7) is 3.35. The van der Waals surface area contributed by atoms with E-state index >= 15 is 0 Å². The van der Waals surface area contributed by atoms with Crippen LogP contribution in [0.2, 0.25) is 0 Å². The van der Waals surface area contributed by atoms with Crippen molar-refractivity contribution in [3.05, 3.63) is 29.6 Å². The predicted molar refractivity (Wildman–Crippen MR) is 56.2 cm³/mol. The summed E-state index contributed by atoms with van der Waals surface area (Å²) < 4.78 is 4.80. The summed E-state index contributed by atoms with van der Waals surface area (Å²) in [5.74, 6) is 1.48. The van der Waals surface area contributed by atoms with Gasteiger partial charge in [-0.2, -0.15) is 0 Å². The summed E-state index contributed by atoms with van der Waals surface area (Å²) in [6.07, 6.45) is 2.53. The number of rotatable bonds is 0. The molecule has 1 aromatic carbocycles. The number of imidazole rings is 1. The number of hydrogen-bond donors (Lipinski definition) is 0. The van der Waals surface area contributed by atoms with E-state index in [4.69, 9.17) is 0 Å². The highest BCUT2D eigenvalue weighted by Crippen LogP contribution is 2.19. The first-order valence-electron chi connectivity index (χ1n) is 5.25. The second kappa shape index (κ2) is 2.59. The molecule has 72 valence electrons. The van der Waals surface area contributed by atoms with Crippen LogP contribution >= 0.6 is 0 Å². The zero-order chi connectivity index (χ0) is 9.71. The molecule has 0 amide bonds. The molecule has 0 atom stereocenters. The molecule has 1 aliphatic heterocycles. The van der Waals surface area contributed by atoms with Crippen molar-refractivity contribution < 1.29 is 4.57 Å². The quantitative estimate of drug-likeness (QED) is 0.555. The molecule has 14 heavy (non-hydrogen) atoms. The van der Waals surface area contributed by atoms with E-state index in [1.165, 1.54) is 41.8 Å². The van der Waals surface area contributed by atoms with Gasteiger partial charge in [-0.1, -0.05) is 6.07 Å². The first-order valence-corrected chi connectivity index (χ1v) is 5.25. The van der Waals surface area contributed by atoms with Gasteiger partial charge in [0.2, 0.25) is 0 Å². The Labute approximate surface area is 83.8 Å². The van der Waals surface area contributed by atoms with Gasteiger partial charge in [0, 0.05) is 0 Å². The van der Waals surface area contributed by atoms with Gasteiger partial charge >= 0.3 is 0 Å². The molecular formula is C12H15N2+. The third-order valence-corrected chi connectivity index (χ3v) is 3.26. The van der Waals surface area contributed by atoms with Crippen LogP contribution in [0.4, 0.5) is 0 Å². The third-order valence-electron chi connectivity index (χ3n) is 3.26. The molecule has 0 fully saturated rings. The fourth-order valence-electron chi connectivity index (χ4n) is 2.54. The molecule has 0 radical (unpaired) electrons. The van der Waals surface area contributed by atoms with Crippen molar-refractivity contribution in [2.45, 2.75) is 26.3 Å². The Bertz CT molecular complexity index is 509. The van der Waals surface area contributed by atoms with Crippen LogP contribution in [0.25, 0.3) is 11.0 Å². The van der Waals surface area contributed by atoms with Crippen LogP contribution in [-0.4, -0.2) is 4.57 Å². The Kier molecular flexibility index (Phi) is 1.49. The molecule has 0 N–H and O–H groups in total. The predicted octanol–water partition coefficient (Wildman–Crippen LogP) is 1.72. The Balaban J connectivity index is 2.45. The third kappa shape index (κ3) is 0.884. The summed E-state index contributed by atoms with van der Waals surface area (Å²) in [4.78, 5) is 0. The highest BCUT2D eigenvalue weighted by atomic mass is 15.2. The average molecular weight is 187 g/mol. The lowest BCUT2D eigenvalue weighted by atomic mass is 10.2. The van der Waals surface area contributed by atoms with Gasteiger partial charge < -0.3 is 0 Å². The zero-order valence-electron chi connectivity index (χ0n) is 8.75. The van der Waals surface area contributed by atoms with E-state index in [-0.39, 0.29) is 0 Å². The van der Waals surface area contributed by atoms with E-state index in [0.717, 1.165) is 0 Å². The van der Waals surface area contributed by atoms with Crippen LogP contribution in [-0.2, 0) is 20.0 Å². The fraction of sp³-hybridized carbons (Fsp3) is 0.417. The van der Waals surface area contributed by atoms with Crippen molar-refractivity contribution >= 4 is 11.0 Å². The number of aromatic nitrogens is 2. The number of nitrogens with zero attached hydrogens (tertiary/aromatic N) is 2. The van der Waals surface area contributed by atoms with Gasteiger partial charge in [-0.15, -0.1) is 0 Å². The molecule has 0 saturated carbocycles. The van der Waals surface area contributed by atoms with Crippen LogP contribution in [0.3, 0.4) is 0 Å². The zero-order valence-corrected chi connectivity index (χ0v) is 8.75. The molecule has 3 rings (SSSR count). The Morgan fingerprint density at radius 1 is 1.36 bits per heavy atom. The molecule has 2 heteroatoms. The molecule has 1 aromatic heterocycles. The van der Waals surface area contributed by atoms with Gasteiger partial charge in [-0.25, -0.2) is 9.13 Å². The van der Waals surface area contributed by atoms with Crippen molar-refractivity contribution in [3.8, 4) is 0 Å². The van der Waals surface area contributed by atoms with Crippen molar-refractivity contribution in [2.75, 3.05) is 0 Å². The summed E-state index contributed by atoms with van der Waals surface area (Å²) in [5.41, 5.74) is 4.11. The smallest absolute Gasteiger partial charge is 0.230 e. The van der Waals surface area contributed by atoms with Gasteiger partial charge in [-0.05, 0) is 31.0 Å². The number of fused-ring (bicyclic) bond motifs is 3. The van der Waals surface area contributed by atoms with Crippen molar-refractivity contribution in [2.24, 2.45) is 7.05 Å². The number of aryl methyl sites for hydroxylation is 3. The minimum atomic E-state index is 1.19. The highest BCUT2D eigenvalue weighted by molar-refractivity contribution is 5.73. The Morgan fingerprint density at radius 3 is 3.07 bits per heavy atom. The fourth-order valence-corrected chi connectivity index (χ4v) is 2.54. The second-order valence-electron chi connectivity index (χ2n) is 4.22. The summed E-state index contributed by atoms with van der Waals surface area (Å²) in [6, 6.07) is 6.73.